The molecule has 1 aliphatic heterocycles. The first-order valence-corrected chi connectivity index (χ1v) is 7.22. The van der Waals surface area contributed by atoms with Gasteiger partial charge in [0.1, 0.15) is 10.1 Å². The predicted molar refractivity (Wildman–Crippen MR) is 83.0 cm³/mol. The van der Waals surface area contributed by atoms with E-state index in [-0.39, 0.29) is 18.2 Å². The molecule has 1 aromatic rings. The van der Waals surface area contributed by atoms with E-state index < -0.39 is 5.25 Å². The van der Waals surface area contributed by atoms with Gasteiger partial charge in [-0.3, -0.25) is 14.5 Å². The lowest BCUT2D eigenvalue weighted by atomic mass is 10.2. The van der Waals surface area contributed by atoms with Crippen LogP contribution in [0.2, 0.25) is 0 Å². The molecule has 1 aromatic carbocycles. The molecule has 1 atom stereocenters. The van der Waals surface area contributed by atoms with Crippen LogP contribution in [0.3, 0.4) is 0 Å². The summed E-state index contributed by atoms with van der Waals surface area (Å²) in [6.45, 7) is 0. The molecule has 1 N–H and O–H groups in total. The summed E-state index contributed by atoms with van der Waals surface area (Å²) in [5, 5.41) is 2.30. The van der Waals surface area contributed by atoms with E-state index in [9.17, 15) is 9.59 Å². The highest BCUT2D eigenvalue weighted by molar-refractivity contribution is 8.24. The number of anilines is 1. The largest absolute Gasteiger partial charge is 0.495 e. The number of methoxy groups -OCH3 is 1. The first kappa shape index (κ1) is 14.8. The molecule has 5 nitrogen and oxygen atoms in total. The Labute approximate surface area is 126 Å². The Hall–Kier alpha value is -1.60. The minimum atomic E-state index is -0.442. The maximum absolute atomic E-state index is 12.0. The monoisotopic (exact) mass is 310 g/mol. The van der Waals surface area contributed by atoms with Crippen LogP contribution in [-0.4, -0.2) is 40.4 Å². The van der Waals surface area contributed by atoms with Gasteiger partial charge in [-0.1, -0.05) is 36.1 Å². The highest BCUT2D eigenvalue weighted by atomic mass is 32.2. The van der Waals surface area contributed by atoms with Gasteiger partial charge in [0.25, 0.3) is 0 Å². The first-order chi connectivity index (χ1) is 9.52. The van der Waals surface area contributed by atoms with Gasteiger partial charge in [-0.25, -0.2) is 0 Å². The normalized spacial score (nSPS) is 18.3. The van der Waals surface area contributed by atoms with E-state index in [0.717, 1.165) is 0 Å². The summed E-state index contributed by atoms with van der Waals surface area (Å²) in [4.78, 5) is 25.2. The fourth-order valence-corrected chi connectivity index (χ4v) is 3.23. The Morgan fingerprint density at radius 2 is 2.20 bits per heavy atom. The number of thioether (sulfide) groups is 1. The van der Waals surface area contributed by atoms with Crippen molar-refractivity contribution in [2.24, 2.45) is 0 Å². The van der Waals surface area contributed by atoms with Crippen LogP contribution in [0, 0.1) is 0 Å². The predicted octanol–water partition coefficient (Wildman–Crippen LogP) is 1.88. The topological polar surface area (TPSA) is 58.6 Å². The number of ether oxygens (including phenoxy) is 1. The lowest BCUT2D eigenvalue weighted by Gasteiger charge is -2.11. The molecule has 1 saturated heterocycles. The van der Waals surface area contributed by atoms with Crippen LogP contribution in [0.5, 0.6) is 5.75 Å². The van der Waals surface area contributed by atoms with Gasteiger partial charge < -0.3 is 10.1 Å². The molecule has 20 heavy (non-hydrogen) atoms. The number of benzene rings is 1. The Morgan fingerprint density at radius 1 is 1.50 bits per heavy atom. The highest BCUT2D eigenvalue weighted by Gasteiger charge is 2.35. The van der Waals surface area contributed by atoms with E-state index >= 15 is 0 Å². The number of para-hydroxylation sites is 2. The summed E-state index contributed by atoms with van der Waals surface area (Å²) in [7, 11) is 3.16. The zero-order valence-corrected chi connectivity index (χ0v) is 12.7. The summed E-state index contributed by atoms with van der Waals surface area (Å²) < 4.78 is 5.66. The Balaban J connectivity index is 2.00. The van der Waals surface area contributed by atoms with Crippen molar-refractivity contribution in [3.8, 4) is 5.75 Å². The molecule has 0 radical (unpaired) electrons. The Bertz CT molecular complexity index is 562. The van der Waals surface area contributed by atoms with Gasteiger partial charge in [0.05, 0.1) is 18.0 Å². The van der Waals surface area contributed by atoms with Gasteiger partial charge >= 0.3 is 0 Å². The maximum Gasteiger partial charge on any atom is 0.241 e. The zero-order chi connectivity index (χ0) is 14.7. The fraction of sp³-hybridized carbons (Fsp3) is 0.308. The van der Waals surface area contributed by atoms with Gasteiger partial charge in [0.15, 0.2) is 0 Å². The highest BCUT2D eigenvalue weighted by Crippen LogP contribution is 2.29. The van der Waals surface area contributed by atoms with Crippen LogP contribution in [0.1, 0.15) is 6.42 Å². The molecule has 2 rings (SSSR count). The second kappa shape index (κ2) is 6.23. The van der Waals surface area contributed by atoms with E-state index in [0.29, 0.717) is 15.8 Å². The molecule has 0 spiro atoms. The molecular formula is C13H14N2O3S2. The van der Waals surface area contributed by atoms with Gasteiger partial charge in [0.2, 0.25) is 11.8 Å². The lowest BCUT2D eigenvalue weighted by Crippen LogP contribution is -2.29. The van der Waals surface area contributed by atoms with Gasteiger partial charge in [0, 0.05) is 13.5 Å². The smallest absolute Gasteiger partial charge is 0.241 e. The molecule has 0 bridgehead atoms. The van der Waals surface area contributed by atoms with Gasteiger partial charge in [-0.15, -0.1) is 0 Å². The van der Waals surface area contributed by atoms with Crippen molar-refractivity contribution < 1.29 is 14.3 Å². The van der Waals surface area contributed by atoms with Crippen LogP contribution in [-0.2, 0) is 9.59 Å². The summed E-state index contributed by atoms with van der Waals surface area (Å²) in [6, 6.07) is 7.12. The molecular weight excluding hydrogens is 296 g/mol. The zero-order valence-electron chi connectivity index (χ0n) is 11.1. The van der Waals surface area contributed by atoms with E-state index in [1.54, 1.807) is 25.2 Å². The molecule has 0 saturated carbocycles. The molecule has 1 aliphatic rings. The maximum atomic E-state index is 12.0. The lowest BCUT2D eigenvalue weighted by molar-refractivity contribution is -0.127. The molecule has 0 aliphatic carbocycles. The van der Waals surface area contributed by atoms with Crippen LogP contribution >= 0.6 is 24.0 Å². The molecule has 106 valence electrons. The SMILES string of the molecule is COc1ccccc1NC(=O)CC1SC(=S)N(C)C1=O. The summed E-state index contributed by atoms with van der Waals surface area (Å²) in [6.07, 6.45) is 0.0893. The molecule has 7 heteroatoms. The number of carbonyl (C=O) groups excluding carboxylic acids is 2. The van der Waals surface area contributed by atoms with Crippen molar-refractivity contribution in [1.29, 1.82) is 0 Å². The van der Waals surface area contributed by atoms with E-state index in [2.05, 4.69) is 5.32 Å². The number of thiocarbonyl (C=S) groups is 1. The quantitative estimate of drug-likeness (QED) is 0.861. The number of nitrogens with zero attached hydrogens (tertiary/aromatic N) is 1. The standard InChI is InChI=1S/C13H14N2O3S2/c1-15-12(17)10(20-13(15)19)7-11(16)14-8-5-3-4-6-9(8)18-2/h3-6,10H,7H2,1-2H3,(H,14,16). The van der Waals surface area contributed by atoms with E-state index in [1.165, 1.54) is 23.8 Å². The third-order valence-electron chi connectivity index (χ3n) is 2.87. The molecule has 1 unspecified atom stereocenters. The van der Waals surface area contributed by atoms with Crippen molar-refractivity contribution in [2.75, 3.05) is 19.5 Å². The van der Waals surface area contributed by atoms with Crippen molar-refractivity contribution in [2.45, 2.75) is 11.7 Å². The summed E-state index contributed by atoms with van der Waals surface area (Å²) in [5.41, 5.74) is 0.589. The third kappa shape index (κ3) is 3.10. The molecule has 0 aromatic heterocycles. The van der Waals surface area contributed by atoms with Crippen molar-refractivity contribution in [3.05, 3.63) is 24.3 Å². The van der Waals surface area contributed by atoms with E-state index in [1.807, 2.05) is 6.07 Å². The Kier molecular flexibility index (Phi) is 4.61. The third-order valence-corrected chi connectivity index (χ3v) is 4.57. The van der Waals surface area contributed by atoms with Crippen LogP contribution in [0.25, 0.3) is 0 Å². The average Bonchev–Trinajstić information content (AvgIpc) is 2.67. The molecule has 2 amide bonds. The van der Waals surface area contributed by atoms with Crippen molar-refractivity contribution in [3.63, 3.8) is 0 Å². The van der Waals surface area contributed by atoms with Crippen LogP contribution < -0.4 is 10.1 Å². The van der Waals surface area contributed by atoms with Gasteiger partial charge in [-0.05, 0) is 12.1 Å². The number of hydrogen-bond donors (Lipinski definition) is 1. The summed E-state index contributed by atoms with van der Waals surface area (Å²) in [5.74, 6) is 0.215. The Morgan fingerprint density at radius 3 is 2.80 bits per heavy atom. The molecule has 1 fully saturated rings. The summed E-state index contributed by atoms with van der Waals surface area (Å²) >= 11 is 6.28. The second-order valence-electron chi connectivity index (χ2n) is 4.22. The number of carbonyl (C=O) groups is 2. The minimum Gasteiger partial charge on any atom is -0.495 e. The number of hydrogen-bond acceptors (Lipinski definition) is 5. The number of nitrogens with one attached hydrogen (secondary N) is 1. The number of rotatable bonds is 4. The fourth-order valence-electron chi connectivity index (χ4n) is 1.80. The van der Waals surface area contributed by atoms with E-state index in [4.69, 9.17) is 17.0 Å². The van der Waals surface area contributed by atoms with Crippen LogP contribution in [0.15, 0.2) is 24.3 Å². The molecule has 1 heterocycles. The van der Waals surface area contributed by atoms with Crippen molar-refractivity contribution in [1.82, 2.24) is 4.90 Å². The first-order valence-electron chi connectivity index (χ1n) is 5.94. The van der Waals surface area contributed by atoms with Crippen molar-refractivity contribution >= 4 is 45.8 Å². The average molecular weight is 310 g/mol. The second-order valence-corrected chi connectivity index (χ2v) is 6.06. The van der Waals surface area contributed by atoms with Crippen LogP contribution in [0.4, 0.5) is 5.69 Å². The van der Waals surface area contributed by atoms with Gasteiger partial charge in [-0.2, -0.15) is 0 Å². The minimum absolute atomic E-state index is 0.0893. The number of amides is 2.